The number of aryl methyl sites for hydroxylation is 1. The van der Waals surface area contributed by atoms with Crippen molar-refractivity contribution in [3.8, 4) is 11.8 Å². The summed E-state index contributed by atoms with van der Waals surface area (Å²) < 4.78 is 0. The van der Waals surface area contributed by atoms with Gasteiger partial charge in [-0.1, -0.05) is 37.7 Å². The predicted octanol–water partition coefficient (Wildman–Crippen LogP) is 2.61. The molecule has 112 valence electrons. The quantitative estimate of drug-likeness (QED) is 0.820. The molecule has 0 aliphatic heterocycles. The van der Waals surface area contributed by atoms with Crippen molar-refractivity contribution in [1.29, 1.82) is 0 Å². The maximum absolute atomic E-state index is 12.5. The molecule has 0 radical (unpaired) electrons. The lowest BCUT2D eigenvalue weighted by molar-refractivity contribution is 0.0921. The first-order valence-electron chi connectivity index (χ1n) is 7.70. The molecule has 2 rings (SSSR count). The number of carbonyl (C=O) groups is 1. The van der Waals surface area contributed by atoms with E-state index >= 15 is 0 Å². The van der Waals surface area contributed by atoms with Crippen molar-refractivity contribution in [2.75, 3.05) is 6.54 Å². The third kappa shape index (κ3) is 4.34. The SMILES string of the molecule is Cc1ccc(C(=O)NC2CCCC(C)C2)c(C#CCN)c1. The fraction of sp³-hybridized carbons (Fsp3) is 0.500. The van der Waals surface area contributed by atoms with E-state index < -0.39 is 0 Å². The average Bonchev–Trinajstić information content (AvgIpc) is 2.45. The number of nitrogens with two attached hydrogens (primary N) is 1. The van der Waals surface area contributed by atoms with E-state index in [1.807, 2.05) is 25.1 Å². The zero-order valence-electron chi connectivity index (χ0n) is 12.9. The van der Waals surface area contributed by atoms with Gasteiger partial charge >= 0.3 is 0 Å². The summed E-state index contributed by atoms with van der Waals surface area (Å²) in [5.74, 6) is 6.52. The van der Waals surface area contributed by atoms with Crippen LogP contribution in [-0.2, 0) is 0 Å². The summed E-state index contributed by atoms with van der Waals surface area (Å²) in [6, 6.07) is 6.04. The van der Waals surface area contributed by atoms with Gasteiger partial charge < -0.3 is 11.1 Å². The Hall–Kier alpha value is -1.79. The molecule has 2 atom stereocenters. The fourth-order valence-corrected chi connectivity index (χ4v) is 2.93. The van der Waals surface area contributed by atoms with Gasteiger partial charge in [-0.25, -0.2) is 0 Å². The molecule has 21 heavy (non-hydrogen) atoms. The molecule has 0 aromatic heterocycles. The molecule has 2 unspecified atom stereocenters. The number of nitrogens with one attached hydrogen (secondary N) is 1. The fourth-order valence-electron chi connectivity index (χ4n) is 2.93. The highest BCUT2D eigenvalue weighted by molar-refractivity contribution is 5.97. The molecule has 1 aliphatic carbocycles. The van der Waals surface area contributed by atoms with Crippen molar-refractivity contribution in [1.82, 2.24) is 5.32 Å². The Labute approximate surface area is 127 Å². The molecule has 3 nitrogen and oxygen atoms in total. The Kier molecular flexibility index (Phi) is 5.41. The minimum absolute atomic E-state index is 0.0181. The van der Waals surface area contributed by atoms with Crippen LogP contribution in [0.15, 0.2) is 18.2 Å². The first kappa shape index (κ1) is 15.6. The number of amides is 1. The lowest BCUT2D eigenvalue weighted by atomic mass is 9.87. The van der Waals surface area contributed by atoms with E-state index in [1.165, 1.54) is 12.8 Å². The highest BCUT2D eigenvalue weighted by atomic mass is 16.1. The Morgan fingerprint density at radius 2 is 2.24 bits per heavy atom. The van der Waals surface area contributed by atoms with Crippen molar-refractivity contribution in [3.05, 3.63) is 34.9 Å². The molecule has 1 saturated carbocycles. The van der Waals surface area contributed by atoms with Gasteiger partial charge in [0, 0.05) is 11.6 Å². The van der Waals surface area contributed by atoms with Crippen LogP contribution in [0.4, 0.5) is 0 Å². The molecule has 1 fully saturated rings. The van der Waals surface area contributed by atoms with E-state index in [0.29, 0.717) is 18.0 Å². The van der Waals surface area contributed by atoms with Gasteiger partial charge in [0.1, 0.15) is 0 Å². The molecule has 0 spiro atoms. The van der Waals surface area contributed by atoms with E-state index in [2.05, 4.69) is 24.1 Å². The van der Waals surface area contributed by atoms with Gasteiger partial charge in [-0.15, -0.1) is 0 Å². The van der Waals surface area contributed by atoms with Crippen molar-refractivity contribution < 1.29 is 4.79 Å². The predicted molar refractivity (Wildman–Crippen MR) is 86.0 cm³/mol. The Bertz CT molecular complexity index is 568. The van der Waals surface area contributed by atoms with Crippen LogP contribution in [0.25, 0.3) is 0 Å². The third-order valence-electron chi connectivity index (χ3n) is 4.02. The van der Waals surface area contributed by atoms with Crippen molar-refractivity contribution in [3.63, 3.8) is 0 Å². The standard InChI is InChI=1S/C18H24N2O/c1-13-5-3-7-16(12-13)20-18(21)17-9-8-14(2)11-15(17)6-4-10-19/h8-9,11,13,16H,3,5,7,10,12,19H2,1-2H3,(H,20,21). The molecule has 1 aromatic carbocycles. The van der Waals surface area contributed by atoms with Crippen molar-refractivity contribution >= 4 is 5.91 Å². The van der Waals surface area contributed by atoms with Crippen LogP contribution < -0.4 is 11.1 Å². The van der Waals surface area contributed by atoms with Gasteiger partial charge in [0.2, 0.25) is 0 Å². The summed E-state index contributed by atoms with van der Waals surface area (Å²) in [5, 5.41) is 3.16. The highest BCUT2D eigenvalue weighted by Gasteiger charge is 2.21. The molecular formula is C18H24N2O. The smallest absolute Gasteiger partial charge is 0.252 e. The molecule has 3 heteroatoms. The second-order valence-electron chi connectivity index (χ2n) is 6.00. The molecule has 1 amide bonds. The minimum atomic E-state index is -0.0181. The molecule has 0 heterocycles. The number of hydrogen-bond donors (Lipinski definition) is 2. The number of carbonyl (C=O) groups excluding carboxylic acids is 1. The zero-order valence-corrected chi connectivity index (χ0v) is 12.9. The van der Waals surface area contributed by atoms with Crippen LogP contribution in [0.3, 0.4) is 0 Å². The van der Waals surface area contributed by atoms with E-state index in [0.717, 1.165) is 24.0 Å². The van der Waals surface area contributed by atoms with E-state index in [4.69, 9.17) is 5.73 Å². The largest absolute Gasteiger partial charge is 0.349 e. The molecule has 1 aliphatic rings. The summed E-state index contributed by atoms with van der Waals surface area (Å²) in [5.41, 5.74) is 7.95. The maximum atomic E-state index is 12.5. The van der Waals surface area contributed by atoms with E-state index in [1.54, 1.807) is 0 Å². The van der Waals surface area contributed by atoms with Crippen molar-refractivity contribution in [2.24, 2.45) is 11.7 Å². The Balaban J connectivity index is 2.14. The molecule has 3 N–H and O–H groups in total. The molecule has 0 bridgehead atoms. The van der Waals surface area contributed by atoms with Gasteiger partial charge in [-0.3, -0.25) is 4.79 Å². The van der Waals surface area contributed by atoms with Crippen LogP contribution in [0.1, 0.15) is 54.1 Å². The van der Waals surface area contributed by atoms with Gasteiger partial charge in [0.05, 0.1) is 12.1 Å². The van der Waals surface area contributed by atoms with Crippen LogP contribution in [-0.4, -0.2) is 18.5 Å². The van der Waals surface area contributed by atoms with Gasteiger partial charge in [0.15, 0.2) is 0 Å². The van der Waals surface area contributed by atoms with Gasteiger partial charge in [-0.2, -0.15) is 0 Å². The first-order valence-corrected chi connectivity index (χ1v) is 7.70. The normalized spacial score (nSPS) is 21.3. The summed E-state index contributed by atoms with van der Waals surface area (Å²) in [6.45, 7) is 4.55. The third-order valence-corrected chi connectivity index (χ3v) is 4.02. The summed E-state index contributed by atoms with van der Waals surface area (Å²) >= 11 is 0. The van der Waals surface area contributed by atoms with Crippen LogP contribution in [0.2, 0.25) is 0 Å². The van der Waals surface area contributed by atoms with E-state index in [-0.39, 0.29) is 11.9 Å². The number of rotatable bonds is 2. The van der Waals surface area contributed by atoms with Crippen LogP contribution in [0.5, 0.6) is 0 Å². The van der Waals surface area contributed by atoms with Gasteiger partial charge in [-0.05, 0) is 43.4 Å². The lowest BCUT2D eigenvalue weighted by Crippen LogP contribution is -2.38. The summed E-state index contributed by atoms with van der Waals surface area (Å²) in [6.07, 6.45) is 4.61. The zero-order chi connectivity index (χ0) is 15.2. The van der Waals surface area contributed by atoms with Gasteiger partial charge in [0.25, 0.3) is 5.91 Å². The van der Waals surface area contributed by atoms with Crippen LogP contribution >= 0.6 is 0 Å². The maximum Gasteiger partial charge on any atom is 0.252 e. The topological polar surface area (TPSA) is 55.1 Å². The second kappa shape index (κ2) is 7.28. The minimum Gasteiger partial charge on any atom is -0.349 e. The van der Waals surface area contributed by atoms with Crippen LogP contribution in [0, 0.1) is 24.7 Å². The van der Waals surface area contributed by atoms with E-state index in [9.17, 15) is 4.79 Å². The first-order chi connectivity index (χ1) is 10.1. The summed E-state index contributed by atoms with van der Waals surface area (Å²) in [4.78, 5) is 12.5. The monoisotopic (exact) mass is 284 g/mol. The lowest BCUT2D eigenvalue weighted by Gasteiger charge is -2.27. The average molecular weight is 284 g/mol. The second-order valence-corrected chi connectivity index (χ2v) is 6.00. The number of benzene rings is 1. The molecule has 1 aromatic rings. The Morgan fingerprint density at radius 3 is 2.95 bits per heavy atom. The molecular weight excluding hydrogens is 260 g/mol. The number of hydrogen-bond acceptors (Lipinski definition) is 2. The highest BCUT2D eigenvalue weighted by Crippen LogP contribution is 2.24. The molecule has 0 saturated heterocycles. The Morgan fingerprint density at radius 1 is 1.43 bits per heavy atom. The summed E-state index contributed by atoms with van der Waals surface area (Å²) in [7, 11) is 0. The van der Waals surface area contributed by atoms with Crippen molar-refractivity contribution in [2.45, 2.75) is 45.6 Å².